The largest absolute Gasteiger partial charge is 0.484 e. The maximum Gasteiger partial charge on any atom is 0.255 e. The Labute approximate surface area is 133 Å². The number of primary amides is 1. The molecule has 122 valence electrons. The molecule has 0 aliphatic heterocycles. The van der Waals surface area contributed by atoms with Gasteiger partial charge in [0.25, 0.3) is 5.91 Å². The van der Waals surface area contributed by atoms with Gasteiger partial charge < -0.3 is 10.5 Å². The van der Waals surface area contributed by atoms with Crippen LogP contribution in [0.4, 0.5) is 0 Å². The van der Waals surface area contributed by atoms with Crippen LogP contribution in [0.3, 0.4) is 0 Å². The summed E-state index contributed by atoms with van der Waals surface area (Å²) in [7, 11) is 0. The maximum atomic E-state index is 10.8. The molecule has 1 saturated carbocycles. The van der Waals surface area contributed by atoms with E-state index in [2.05, 4.69) is 24.8 Å². The molecule has 1 aliphatic carbocycles. The summed E-state index contributed by atoms with van der Waals surface area (Å²) in [5, 5.41) is 0. The number of carbonyl (C=O) groups is 1. The Bertz CT molecular complexity index is 484. The van der Waals surface area contributed by atoms with Crippen LogP contribution < -0.4 is 10.5 Å². The number of hydrogen-bond donors (Lipinski definition) is 1. The SMILES string of the molecule is CCC(C)N(Cc1cccc(OCC(N)=O)c1)C1CCCC1. The third-order valence-corrected chi connectivity index (χ3v) is 4.60. The predicted molar refractivity (Wildman–Crippen MR) is 88.7 cm³/mol. The van der Waals surface area contributed by atoms with E-state index in [4.69, 9.17) is 10.5 Å². The van der Waals surface area contributed by atoms with Crippen molar-refractivity contribution in [2.24, 2.45) is 5.73 Å². The van der Waals surface area contributed by atoms with E-state index in [-0.39, 0.29) is 6.61 Å². The van der Waals surface area contributed by atoms with E-state index in [0.29, 0.717) is 17.8 Å². The minimum absolute atomic E-state index is 0.0683. The molecule has 1 atom stereocenters. The summed E-state index contributed by atoms with van der Waals surface area (Å²) in [6.07, 6.45) is 6.47. The highest BCUT2D eigenvalue weighted by Crippen LogP contribution is 2.28. The summed E-state index contributed by atoms with van der Waals surface area (Å²) < 4.78 is 5.41. The summed E-state index contributed by atoms with van der Waals surface area (Å²) in [5.74, 6) is 0.268. The standard InChI is InChI=1S/C18H28N2O2/c1-3-14(2)20(16-8-4-5-9-16)12-15-7-6-10-17(11-15)22-13-18(19)21/h6-7,10-11,14,16H,3-5,8-9,12-13H2,1-2H3,(H2,19,21). The summed E-state index contributed by atoms with van der Waals surface area (Å²) in [4.78, 5) is 13.5. The second-order valence-corrected chi connectivity index (χ2v) is 6.27. The minimum atomic E-state index is -0.447. The molecular weight excluding hydrogens is 276 g/mol. The van der Waals surface area contributed by atoms with Gasteiger partial charge in [0, 0.05) is 18.6 Å². The van der Waals surface area contributed by atoms with E-state index >= 15 is 0 Å². The van der Waals surface area contributed by atoms with Crippen molar-refractivity contribution in [1.29, 1.82) is 0 Å². The maximum absolute atomic E-state index is 10.8. The highest BCUT2D eigenvalue weighted by molar-refractivity contribution is 5.75. The van der Waals surface area contributed by atoms with E-state index in [0.717, 1.165) is 13.0 Å². The van der Waals surface area contributed by atoms with Crippen molar-refractivity contribution in [2.45, 2.75) is 64.6 Å². The summed E-state index contributed by atoms with van der Waals surface area (Å²) >= 11 is 0. The van der Waals surface area contributed by atoms with Crippen LogP contribution in [0.15, 0.2) is 24.3 Å². The molecular formula is C18H28N2O2. The van der Waals surface area contributed by atoms with Crippen molar-refractivity contribution in [3.63, 3.8) is 0 Å². The number of rotatable bonds is 8. The molecule has 0 saturated heterocycles. The monoisotopic (exact) mass is 304 g/mol. The Morgan fingerprint density at radius 1 is 1.41 bits per heavy atom. The lowest BCUT2D eigenvalue weighted by molar-refractivity contribution is -0.119. The Hall–Kier alpha value is -1.55. The molecule has 0 bridgehead atoms. The van der Waals surface area contributed by atoms with Gasteiger partial charge in [-0.05, 0) is 43.9 Å². The predicted octanol–water partition coefficient (Wildman–Crippen LogP) is 3.09. The van der Waals surface area contributed by atoms with Crippen LogP contribution in [0.2, 0.25) is 0 Å². The third kappa shape index (κ3) is 4.73. The zero-order chi connectivity index (χ0) is 15.9. The first-order valence-corrected chi connectivity index (χ1v) is 8.36. The molecule has 1 unspecified atom stereocenters. The molecule has 1 amide bonds. The van der Waals surface area contributed by atoms with E-state index in [1.54, 1.807) is 0 Å². The Morgan fingerprint density at radius 3 is 2.77 bits per heavy atom. The van der Waals surface area contributed by atoms with Gasteiger partial charge in [0.05, 0.1) is 0 Å². The Kier molecular flexibility index (Phi) is 6.25. The molecule has 22 heavy (non-hydrogen) atoms. The zero-order valence-corrected chi connectivity index (χ0v) is 13.8. The van der Waals surface area contributed by atoms with Crippen LogP contribution in [0.25, 0.3) is 0 Å². The number of nitrogens with two attached hydrogens (primary N) is 1. The molecule has 4 heteroatoms. The van der Waals surface area contributed by atoms with Crippen molar-refractivity contribution in [3.05, 3.63) is 29.8 Å². The van der Waals surface area contributed by atoms with Gasteiger partial charge in [0.1, 0.15) is 5.75 Å². The van der Waals surface area contributed by atoms with Crippen LogP contribution in [0.5, 0.6) is 5.75 Å². The summed E-state index contributed by atoms with van der Waals surface area (Å²) in [6.45, 7) is 5.43. The fourth-order valence-corrected chi connectivity index (χ4v) is 3.21. The molecule has 2 rings (SSSR count). The van der Waals surface area contributed by atoms with Gasteiger partial charge in [-0.3, -0.25) is 9.69 Å². The van der Waals surface area contributed by atoms with Gasteiger partial charge in [0.2, 0.25) is 0 Å². The molecule has 0 heterocycles. The van der Waals surface area contributed by atoms with E-state index in [1.165, 1.54) is 31.2 Å². The Balaban J connectivity index is 2.05. The normalized spacial score (nSPS) is 16.9. The van der Waals surface area contributed by atoms with E-state index in [1.807, 2.05) is 18.2 Å². The number of benzene rings is 1. The lowest BCUT2D eigenvalue weighted by Gasteiger charge is -2.34. The van der Waals surface area contributed by atoms with E-state index in [9.17, 15) is 4.79 Å². The topological polar surface area (TPSA) is 55.6 Å². The number of hydrogen-bond acceptors (Lipinski definition) is 3. The van der Waals surface area contributed by atoms with E-state index < -0.39 is 5.91 Å². The van der Waals surface area contributed by atoms with Gasteiger partial charge in [-0.2, -0.15) is 0 Å². The number of amides is 1. The molecule has 1 fully saturated rings. The van der Waals surface area contributed by atoms with Crippen LogP contribution in [-0.4, -0.2) is 29.5 Å². The highest BCUT2D eigenvalue weighted by Gasteiger charge is 2.25. The fraction of sp³-hybridized carbons (Fsp3) is 0.611. The molecule has 1 aliphatic rings. The Morgan fingerprint density at radius 2 is 2.14 bits per heavy atom. The molecule has 0 radical (unpaired) electrons. The first-order valence-electron chi connectivity index (χ1n) is 8.36. The van der Waals surface area contributed by atoms with Crippen LogP contribution >= 0.6 is 0 Å². The second kappa shape index (κ2) is 8.18. The van der Waals surface area contributed by atoms with Crippen molar-refractivity contribution in [2.75, 3.05) is 6.61 Å². The average molecular weight is 304 g/mol. The van der Waals surface area contributed by atoms with Gasteiger partial charge in [-0.1, -0.05) is 31.9 Å². The quantitative estimate of drug-likeness (QED) is 0.803. The first-order chi connectivity index (χ1) is 10.6. The van der Waals surface area contributed by atoms with Gasteiger partial charge in [-0.25, -0.2) is 0 Å². The van der Waals surface area contributed by atoms with Gasteiger partial charge in [0.15, 0.2) is 6.61 Å². The molecule has 1 aromatic rings. The van der Waals surface area contributed by atoms with Crippen LogP contribution in [-0.2, 0) is 11.3 Å². The summed E-state index contributed by atoms with van der Waals surface area (Å²) in [6, 6.07) is 9.28. The number of ether oxygens (including phenoxy) is 1. The summed E-state index contributed by atoms with van der Waals surface area (Å²) in [5.41, 5.74) is 6.36. The van der Waals surface area contributed by atoms with Crippen molar-refractivity contribution in [1.82, 2.24) is 4.90 Å². The molecule has 0 spiro atoms. The van der Waals surface area contributed by atoms with Gasteiger partial charge >= 0.3 is 0 Å². The first kappa shape index (κ1) is 16.8. The van der Waals surface area contributed by atoms with Gasteiger partial charge in [-0.15, -0.1) is 0 Å². The molecule has 1 aromatic carbocycles. The smallest absolute Gasteiger partial charge is 0.255 e. The van der Waals surface area contributed by atoms with Crippen molar-refractivity contribution >= 4 is 5.91 Å². The third-order valence-electron chi connectivity index (χ3n) is 4.60. The molecule has 0 aromatic heterocycles. The molecule has 4 nitrogen and oxygen atoms in total. The van der Waals surface area contributed by atoms with Crippen LogP contribution in [0, 0.1) is 0 Å². The minimum Gasteiger partial charge on any atom is -0.484 e. The van der Waals surface area contributed by atoms with Crippen molar-refractivity contribution < 1.29 is 9.53 Å². The zero-order valence-electron chi connectivity index (χ0n) is 13.8. The number of nitrogens with zero attached hydrogens (tertiary/aromatic N) is 1. The average Bonchev–Trinajstić information content (AvgIpc) is 3.04. The van der Waals surface area contributed by atoms with Crippen molar-refractivity contribution in [3.8, 4) is 5.75 Å². The highest BCUT2D eigenvalue weighted by atomic mass is 16.5. The fourth-order valence-electron chi connectivity index (χ4n) is 3.21. The molecule has 2 N–H and O–H groups in total. The lowest BCUT2D eigenvalue weighted by Crippen LogP contribution is -2.39. The number of carbonyl (C=O) groups excluding carboxylic acids is 1. The lowest BCUT2D eigenvalue weighted by atomic mass is 10.1. The second-order valence-electron chi connectivity index (χ2n) is 6.27. The van der Waals surface area contributed by atoms with Crippen LogP contribution in [0.1, 0.15) is 51.5 Å².